The van der Waals surface area contributed by atoms with Crippen molar-refractivity contribution in [2.24, 2.45) is 0 Å². The molecule has 9 aromatic rings. The highest BCUT2D eigenvalue weighted by atomic mass is 16.3. The van der Waals surface area contributed by atoms with E-state index in [-0.39, 0.29) is 5.75 Å². The third kappa shape index (κ3) is 4.64. The van der Waals surface area contributed by atoms with Crippen molar-refractivity contribution in [2.75, 3.05) is 0 Å². The molecule has 5 nitrogen and oxygen atoms in total. The first-order chi connectivity index (χ1) is 23.6. The van der Waals surface area contributed by atoms with Gasteiger partial charge in [0, 0.05) is 39.2 Å². The van der Waals surface area contributed by atoms with Gasteiger partial charge in [0.25, 0.3) is 0 Å². The van der Waals surface area contributed by atoms with Crippen LogP contribution in [0.15, 0.2) is 156 Å². The molecule has 5 heteroatoms. The Balaban J connectivity index is 1.25. The first-order valence-electron chi connectivity index (χ1n) is 16.0. The molecule has 0 saturated heterocycles. The van der Waals surface area contributed by atoms with E-state index in [1.165, 1.54) is 5.56 Å². The average molecular weight is 620 g/mol. The summed E-state index contributed by atoms with van der Waals surface area (Å²) in [5.41, 5.74) is 12.7. The predicted molar refractivity (Wildman–Crippen MR) is 194 cm³/mol. The smallest absolute Gasteiger partial charge is 0.144 e. The van der Waals surface area contributed by atoms with Gasteiger partial charge in [-0.1, -0.05) is 96.6 Å². The van der Waals surface area contributed by atoms with Crippen LogP contribution in [0.5, 0.6) is 5.75 Å². The van der Waals surface area contributed by atoms with Gasteiger partial charge in [0.1, 0.15) is 22.6 Å². The number of para-hydroxylation sites is 3. The molecule has 0 aliphatic rings. The number of fused-ring (bicyclic) bond motifs is 4. The third-order valence-corrected chi connectivity index (χ3v) is 8.98. The lowest BCUT2D eigenvalue weighted by atomic mass is 9.97. The van der Waals surface area contributed by atoms with Crippen molar-refractivity contribution in [3.8, 4) is 61.9 Å². The summed E-state index contributed by atoms with van der Waals surface area (Å²) >= 11 is 0. The number of aromatic hydroxyl groups is 1. The summed E-state index contributed by atoms with van der Waals surface area (Å²) in [7, 11) is 0. The Hall–Kier alpha value is -6.46. The van der Waals surface area contributed by atoms with E-state index in [0.717, 1.165) is 72.5 Å². The quantitative estimate of drug-likeness (QED) is 0.208. The van der Waals surface area contributed by atoms with Gasteiger partial charge in [-0.3, -0.25) is 4.40 Å². The van der Waals surface area contributed by atoms with Gasteiger partial charge in [0.15, 0.2) is 0 Å². The van der Waals surface area contributed by atoms with Crippen LogP contribution in [0.1, 0.15) is 5.56 Å². The summed E-state index contributed by atoms with van der Waals surface area (Å²) in [5.74, 6) is 0.195. The molecular formula is C43H29N3O2. The normalized spacial score (nSPS) is 11.5. The second-order valence-electron chi connectivity index (χ2n) is 12.1. The van der Waals surface area contributed by atoms with Crippen LogP contribution in [-0.4, -0.2) is 19.5 Å². The number of nitrogens with zero attached hydrogens (tertiary/aromatic N) is 3. The van der Waals surface area contributed by atoms with Crippen LogP contribution in [0, 0.1) is 6.92 Å². The number of phenols is 1. The fourth-order valence-electron chi connectivity index (χ4n) is 6.71. The number of aryl methyl sites for hydroxylation is 1. The summed E-state index contributed by atoms with van der Waals surface area (Å²) in [6.07, 6.45) is 2.05. The van der Waals surface area contributed by atoms with Gasteiger partial charge in [-0.15, -0.1) is 0 Å². The summed E-state index contributed by atoms with van der Waals surface area (Å²) in [4.78, 5) is 10.3. The second kappa shape index (κ2) is 11.1. The van der Waals surface area contributed by atoms with Crippen molar-refractivity contribution in [3.63, 3.8) is 0 Å². The summed E-state index contributed by atoms with van der Waals surface area (Å²) in [6, 6.07) is 48.9. The Morgan fingerprint density at radius 3 is 2.21 bits per heavy atom. The van der Waals surface area contributed by atoms with E-state index < -0.39 is 0 Å². The summed E-state index contributed by atoms with van der Waals surface area (Å²) < 4.78 is 8.63. The molecule has 0 saturated carbocycles. The molecule has 4 aromatic heterocycles. The van der Waals surface area contributed by atoms with Crippen LogP contribution in [0.2, 0.25) is 0 Å². The summed E-state index contributed by atoms with van der Waals surface area (Å²) in [6.45, 7) is 2.09. The fraction of sp³-hybridized carbons (Fsp3) is 0.0233. The van der Waals surface area contributed by atoms with Gasteiger partial charge in [0.2, 0.25) is 0 Å². The Morgan fingerprint density at radius 2 is 1.29 bits per heavy atom. The van der Waals surface area contributed by atoms with Gasteiger partial charge in [-0.25, -0.2) is 9.97 Å². The van der Waals surface area contributed by atoms with E-state index in [2.05, 4.69) is 96.4 Å². The number of phenolic OH excluding ortho intramolecular Hbond substituents is 1. The molecule has 0 bridgehead atoms. The second-order valence-corrected chi connectivity index (χ2v) is 12.1. The topological polar surface area (TPSA) is 63.6 Å². The molecule has 9 rings (SSSR count). The summed E-state index contributed by atoms with van der Waals surface area (Å²) in [5, 5.41) is 13.0. The van der Waals surface area contributed by atoms with Crippen molar-refractivity contribution in [2.45, 2.75) is 6.92 Å². The van der Waals surface area contributed by atoms with Gasteiger partial charge in [-0.2, -0.15) is 0 Å². The van der Waals surface area contributed by atoms with E-state index in [4.69, 9.17) is 14.4 Å². The number of aromatic nitrogens is 3. The fourth-order valence-corrected chi connectivity index (χ4v) is 6.71. The predicted octanol–water partition coefficient (Wildman–Crippen LogP) is 11.0. The zero-order chi connectivity index (χ0) is 32.2. The Kier molecular flexibility index (Phi) is 6.44. The largest absolute Gasteiger partial charge is 0.507 e. The molecular weight excluding hydrogens is 590 g/mol. The average Bonchev–Trinajstić information content (AvgIpc) is 3.71. The number of benzene rings is 5. The van der Waals surface area contributed by atoms with Crippen molar-refractivity contribution < 1.29 is 9.52 Å². The van der Waals surface area contributed by atoms with E-state index >= 15 is 0 Å². The molecule has 48 heavy (non-hydrogen) atoms. The molecule has 0 amide bonds. The molecule has 0 unspecified atom stereocenters. The Morgan fingerprint density at radius 1 is 0.562 bits per heavy atom. The Labute approximate surface area is 277 Å². The highest BCUT2D eigenvalue weighted by molar-refractivity contribution is 6.10. The van der Waals surface area contributed by atoms with Crippen LogP contribution in [-0.2, 0) is 0 Å². The minimum Gasteiger partial charge on any atom is -0.507 e. The number of hydrogen-bond donors (Lipinski definition) is 1. The lowest BCUT2D eigenvalue weighted by Crippen LogP contribution is -1.93. The minimum absolute atomic E-state index is 0.195. The van der Waals surface area contributed by atoms with Crippen LogP contribution in [0.4, 0.5) is 0 Å². The van der Waals surface area contributed by atoms with E-state index in [0.29, 0.717) is 11.3 Å². The Bertz CT molecular complexity index is 2660. The van der Waals surface area contributed by atoms with Crippen molar-refractivity contribution in [1.29, 1.82) is 0 Å². The van der Waals surface area contributed by atoms with E-state index in [1.807, 2.05) is 60.7 Å². The molecule has 0 spiro atoms. The minimum atomic E-state index is 0.195. The maximum absolute atomic E-state index is 10.8. The highest BCUT2D eigenvalue weighted by Crippen LogP contribution is 2.41. The van der Waals surface area contributed by atoms with Crippen LogP contribution in [0.25, 0.3) is 83.7 Å². The molecule has 228 valence electrons. The van der Waals surface area contributed by atoms with E-state index in [9.17, 15) is 5.11 Å². The lowest BCUT2D eigenvalue weighted by Gasteiger charge is -2.12. The standard InChI is InChI=1S/C43H29N3O2/c1-27-11-8-12-28(23-27)31-25-36(44-37(26-31)34-16-2-4-19-38(34)47)29-13-9-14-30(24-29)41-42(46-22-7-6-21-40(46)45-41)35-18-10-17-33-32-15-3-5-20-39(32)48-43(33)35/h2-26,47H,1H3. The van der Waals surface area contributed by atoms with Crippen LogP contribution >= 0.6 is 0 Å². The van der Waals surface area contributed by atoms with Crippen LogP contribution in [0.3, 0.4) is 0 Å². The first kappa shape index (κ1) is 27.8. The monoisotopic (exact) mass is 619 g/mol. The van der Waals surface area contributed by atoms with Crippen molar-refractivity contribution in [3.05, 3.63) is 157 Å². The van der Waals surface area contributed by atoms with E-state index in [1.54, 1.807) is 6.07 Å². The molecule has 4 heterocycles. The van der Waals surface area contributed by atoms with Crippen molar-refractivity contribution in [1.82, 2.24) is 14.4 Å². The molecule has 1 N–H and O–H groups in total. The molecule has 0 atom stereocenters. The molecule has 0 aliphatic carbocycles. The third-order valence-electron chi connectivity index (χ3n) is 8.98. The first-order valence-corrected chi connectivity index (χ1v) is 16.0. The molecule has 5 aromatic carbocycles. The van der Waals surface area contributed by atoms with Gasteiger partial charge in [-0.05, 0) is 72.6 Å². The number of imidazole rings is 1. The molecule has 0 radical (unpaired) electrons. The van der Waals surface area contributed by atoms with Crippen LogP contribution < -0.4 is 0 Å². The highest BCUT2D eigenvalue weighted by Gasteiger charge is 2.21. The number of hydrogen-bond acceptors (Lipinski definition) is 4. The SMILES string of the molecule is Cc1cccc(-c2cc(-c3cccc(-c4nc5ccccn5c4-c4cccc5c4oc4ccccc45)c3)nc(-c3ccccc3O)c2)c1. The zero-order valence-corrected chi connectivity index (χ0v) is 26.1. The van der Waals surface area contributed by atoms with Gasteiger partial charge in [0.05, 0.1) is 22.8 Å². The maximum atomic E-state index is 10.8. The number of rotatable bonds is 5. The van der Waals surface area contributed by atoms with Gasteiger partial charge < -0.3 is 9.52 Å². The molecule has 0 aliphatic heterocycles. The molecule has 0 fully saturated rings. The zero-order valence-electron chi connectivity index (χ0n) is 26.1. The maximum Gasteiger partial charge on any atom is 0.144 e. The lowest BCUT2D eigenvalue weighted by molar-refractivity contribution is 0.477. The van der Waals surface area contributed by atoms with Gasteiger partial charge >= 0.3 is 0 Å². The van der Waals surface area contributed by atoms with Crippen molar-refractivity contribution >= 4 is 27.6 Å². The number of furan rings is 1. The number of pyridine rings is 2.